The molecule has 0 radical (unpaired) electrons. The Kier molecular flexibility index (Phi) is 11.4. The second-order valence-electron chi connectivity index (χ2n) is 9.83. The number of anilines is 1. The molecule has 0 aromatic heterocycles. The smallest absolute Gasteiger partial charge is 0.305 e. The van der Waals surface area contributed by atoms with E-state index in [0.717, 1.165) is 29.5 Å². The van der Waals surface area contributed by atoms with Gasteiger partial charge < -0.3 is 35.3 Å². The van der Waals surface area contributed by atoms with Crippen LogP contribution in [0.5, 0.6) is 17.2 Å². The molecule has 1 aliphatic rings. The molecule has 2 aromatic carbocycles. The molecular formula is C30H39N3O8. The molecule has 0 saturated carbocycles. The zero-order chi connectivity index (χ0) is 29.9. The number of carboxylic acids is 1. The molecule has 11 nitrogen and oxygen atoms in total. The summed E-state index contributed by atoms with van der Waals surface area (Å²) in [5.41, 5.74) is 3.41. The molecule has 41 heavy (non-hydrogen) atoms. The summed E-state index contributed by atoms with van der Waals surface area (Å²) in [7, 11) is 4.66. The minimum atomic E-state index is -0.950. The molecule has 2 amide bonds. The largest absolute Gasteiger partial charge is 0.493 e. The second kappa shape index (κ2) is 14.9. The molecule has 1 atom stereocenters. The Hall–Kier alpha value is -4.28. The van der Waals surface area contributed by atoms with Crippen LogP contribution in [-0.4, -0.2) is 57.3 Å². The monoisotopic (exact) mass is 569 g/mol. The highest BCUT2D eigenvalue weighted by Crippen LogP contribution is 2.50. The van der Waals surface area contributed by atoms with Gasteiger partial charge in [-0.25, -0.2) is 0 Å². The Labute approximate surface area is 239 Å². The average molecular weight is 570 g/mol. The number of carboxylic acid groups (broad SMARTS) is 1. The lowest BCUT2D eigenvalue weighted by Crippen LogP contribution is -2.26. The first-order valence-corrected chi connectivity index (χ1v) is 13.7. The van der Waals surface area contributed by atoms with Gasteiger partial charge in [0.15, 0.2) is 11.5 Å². The standard InChI is InChI=1S/C30H39N3O8/c1-18(34)33-22-11-9-19-16-25(39-2)29(40-3)30(41-4)28(19)20-10-12-23(24(35)17-21(20)22)31-14-7-5-6-8-26(36)32-15-13-27(37)38/h10,12,16-17,22H,5-9,11,13-15H2,1-4H3,(H,31,35)(H,32,36)(H,33,34)(H,37,38)/t22-/m1/s1. The van der Waals surface area contributed by atoms with Crippen molar-refractivity contribution in [1.29, 1.82) is 0 Å². The van der Waals surface area contributed by atoms with Crippen LogP contribution >= 0.6 is 0 Å². The molecule has 0 saturated heterocycles. The third kappa shape index (κ3) is 8.12. The van der Waals surface area contributed by atoms with E-state index in [2.05, 4.69) is 16.0 Å². The average Bonchev–Trinajstić information content (AvgIpc) is 3.17. The van der Waals surface area contributed by atoms with E-state index in [1.165, 1.54) is 6.92 Å². The fourth-order valence-corrected chi connectivity index (χ4v) is 5.06. The number of aryl methyl sites for hydroxylation is 1. The SMILES string of the molecule is COc1cc2c(c(OC)c1OC)-c1ccc(NCCCCCC(=O)NCCC(=O)O)c(=O)cc1[C@H](NC(C)=O)CC2. The summed E-state index contributed by atoms with van der Waals surface area (Å²) in [6.45, 7) is 2.11. The molecule has 0 unspecified atom stereocenters. The molecule has 0 fully saturated rings. The molecular weight excluding hydrogens is 530 g/mol. The summed E-state index contributed by atoms with van der Waals surface area (Å²) in [6.07, 6.45) is 3.57. The molecule has 222 valence electrons. The molecule has 11 heteroatoms. The van der Waals surface area contributed by atoms with E-state index in [1.807, 2.05) is 12.1 Å². The molecule has 0 bridgehead atoms. The maximum absolute atomic E-state index is 13.3. The quantitative estimate of drug-likeness (QED) is 0.251. The van der Waals surface area contributed by atoms with Crippen LogP contribution in [0.3, 0.4) is 0 Å². The van der Waals surface area contributed by atoms with Gasteiger partial charge in [-0.05, 0) is 60.6 Å². The van der Waals surface area contributed by atoms with Gasteiger partial charge in [-0.1, -0.05) is 12.5 Å². The molecule has 3 rings (SSSR count). The van der Waals surface area contributed by atoms with Crippen molar-refractivity contribution in [3.05, 3.63) is 45.6 Å². The fraction of sp³-hybridized carbons (Fsp3) is 0.467. The van der Waals surface area contributed by atoms with Gasteiger partial charge in [0.2, 0.25) is 23.0 Å². The maximum atomic E-state index is 13.3. The number of fused-ring (bicyclic) bond motifs is 3. The van der Waals surface area contributed by atoms with Crippen LogP contribution in [0.4, 0.5) is 5.69 Å². The molecule has 0 spiro atoms. The van der Waals surface area contributed by atoms with Crippen LogP contribution < -0.4 is 35.6 Å². The topological polar surface area (TPSA) is 152 Å². The van der Waals surface area contributed by atoms with Gasteiger partial charge in [0, 0.05) is 32.0 Å². The Morgan fingerprint density at radius 3 is 2.37 bits per heavy atom. The van der Waals surface area contributed by atoms with E-state index in [0.29, 0.717) is 60.7 Å². The summed E-state index contributed by atoms with van der Waals surface area (Å²) in [5, 5.41) is 17.4. The van der Waals surface area contributed by atoms with Gasteiger partial charge in [-0.2, -0.15) is 0 Å². The summed E-state index contributed by atoms with van der Waals surface area (Å²) in [6, 6.07) is 6.71. The summed E-state index contributed by atoms with van der Waals surface area (Å²) in [4.78, 5) is 47.8. The van der Waals surface area contributed by atoms with Crippen molar-refractivity contribution in [2.45, 2.75) is 57.9 Å². The van der Waals surface area contributed by atoms with Crippen LogP contribution in [-0.2, 0) is 20.8 Å². The third-order valence-electron chi connectivity index (χ3n) is 6.97. The van der Waals surface area contributed by atoms with Crippen LogP contribution in [0.2, 0.25) is 0 Å². The van der Waals surface area contributed by atoms with Crippen LogP contribution in [0.15, 0.2) is 29.1 Å². The lowest BCUT2D eigenvalue weighted by Gasteiger charge is -2.19. The Bertz CT molecular complexity index is 1330. The van der Waals surface area contributed by atoms with E-state index in [9.17, 15) is 19.2 Å². The van der Waals surface area contributed by atoms with Gasteiger partial charge in [-0.3, -0.25) is 19.2 Å². The summed E-state index contributed by atoms with van der Waals surface area (Å²) < 4.78 is 17.0. The summed E-state index contributed by atoms with van der Waals surface area (Å²) >= 11 is 0. The van der Waals surface area contributed by atoms with Gasteiger partial charge in [0.1, 0.15) is 0 Å². The predicted molar refractivity (Wildman–Crippen MR) is 155 cm³/mol. The number of rotatable bonds is 14. The number of carbonyl (C=O) groups excluding carboxylic acids is 2. The van der Waals surface area contributed by atoms with Gasteiger partial charge in [0.05, 0.1) is 39.5 Å². The highest BCUT2D eigenvalue weighted by atomic mass is 16.5. The van der Waals surface area contributed by atoms with E-state index in [-0.39, 0.29) is 36.3 Å². The minimum absolute atomic E-state index is 0.100. The van der Waals surface area contributed by atoms with Crippen molar-refractivity contribution in [1.82, 2.24) is 10.6 Å². The van der Waals surface area contributed by atoms with Crippen LogP contribution in [0.25, 0.3) is 11.1 Å². The number of aliphatic carboxylic acids is 1. The maximum Gasteiger partial charge on any atom is 0.305 e. The zero-order valence-corrected chi connectivity index (χ0v) is 24.1. The van der Waals surface area contributed by atoms with Crippen molar-refractivity contribution >= 4 is 23.5 Å². The minimum Gasteiger partial charge on any atom is -0.493 e. The van der Waals surface area contributed by atoms with Gasteiger partial charge >= 0.3 is 5.97 Å². The van der Waals surface area contributed by atoms with E-state index in [4.69, 9.17) is 19.3 Å². The Morgan fingerprint density at radius 1 is 0.951 bits per heavy atom. The highest BCUT2D eigenvalue weighted by molar-refractivity contribution is 5.84. The van der Waals surface area contributed by atoms with Crippen molar-refractivity contribution in [2.75, 3.05) is 39.7 Å². The summed E-state index contributed by atoms with van der Waals surface area (Å²) in [5.74, 6) is 0.159. The first-order valence-electron chi connectivity index (χ1n) is 13.7. The first-order chi connectivity index (χ1) is 19.7. The van der Waals surface area contributed by atoms with Crippen molar-refractivity contribution in [2.24, 2.45) is 0 Å². The highest BCUT2D eigenvalue weighted by Gasteiger charge is 2.29. The normalized spacial score (nSPS) is 13.6. The number of hydrogen-bond donors (Lipinski definition) is 4. The second-order valence-corrected chi connectivity index (χ2v) is 9.83. The molecule has 0 aliphatic heterocycles. The first kappa shape index (κ1) is 31.3. The molecule has 2 aromatic rings. The van der Waals surface area contributed by atoms with E-state index >= 15 is 0 Å². The lowest BCUT2D eigenvalue weighted by atomic mass is 9.95. The van der Waals surface area contributed by atoms with Crippen LogP contribution in [0.1, 0.15) is 62.6 Å². The molecule has 1 aliphatic carbocycles. The number of amides is 2. The van der Waals surface area contributed by atoms with Crippen molar-refractivity contribution < 1.29 is 33.7 Å². The van der Waals surface area contributed by atoms with E-state index in [1.54, 1.807) is 33.5 Å². The van der Waals surface area contributed by atoms with E-state index < -0.39 is 5.97 Å². The molecule has 0 heterocycles. The molecule has 4 N–H and O–H groups in total. The number of carbonyl (C=O) groups is 3. The Morgan fingerprint density at radius 2 is 1.71 bits per heavy atom. The van der Waals surface area contributed by atoms with Gasteiger partial charge in [0.25, 0.3) is 0 Å². The number of nitrogens with one attached hydrogen (secondary N) is 3. The predicted octanol–water partition coefficient (Wildman–Crippen LogP) is 3.43. The van der Waals surface area contributed by atoms with Crippen molar-refractivity contribution in [3.63, 3.8) is 0 Å². The number of ether oxygens (including phenoxy) is 3. The van der Waals surface area contributed by atoms with Crippen LogP contribution in [0, 0.1) is 0 Å². The Balaban J connectivity index is 1.83. The third-order valence-corrected chi connectivity index (χ3v) is 6.97. The lowest BCUT2D eigenvalue weighted by molar-refractivity contribution is -0.137. The number of methoxy groups -OCH3 is 3. The number of unbranched alkanes of at least 4 members (excludes halogenated alkanes) is 2. The number of benzene rings is 1. The number of hydrogen-bond acceptors (Lipinski definition) is 8. The van der Waals surface area contributed by atoms with Gasteiger partial charge in [-0.15, -0.1) is 0 Å². The zero-order valence-electron chi connectivity index (χ0n) is 24.1. The van der Waals surface area contributed by atoms with Crippen molar-refractivity contribution in [3.8, 4) is 28.4 Å². The fourth-order valence-electron chi connectivity index (χ4n) is 5.06.